The Kier molecular flexibility index (Phi) is 4.58. The van der Waals surface area contributed by atoms with Gasteiger partial charge in [-0.3, -0.25) is 14.6 Å². The fourth-order valence-corrected chi connectivity index (χ4v) is 3.61. The number of anilines is 4. The summed E-state index contributed by atoms with van der Waals surface area (Å²) in [4.78, 5) is 21.6. The Bertz CT molecular complexity index is 1320. The second-order valence-corrected chi connectivity index (χ2v) is 7.58. The number of fused-ring (bicyclic) bond motifs is 1. The first-order valence-corrected chi connectivity index (χ1v) is 9.95. The highest BCUT2D eigenvalue weighted by atomic mass is 19.1. The molecule has 1 aliphatic carbocycles. The summed E-state index contributed by atoms with van der Waals surface area (Å²) in [5.74, 6) is 1.31. The number of ether oxygens (including phenoxy) is 1. The summed E-state index contributed by atoms with van der Waals surface area (Å²) in [5.41, 5.74) is 2.25. The number of H-pyrrole nitrogens is 1. The van der Waals surface area contributed by atoms with E-state index in [1.165, 1.54) is 36.3 Å². The minimum atomic E-state index is -0.502. The van der Waals surface area contributed by atoms with E-state index in [2.05, 4.69) is 31.8 Å². The van der Waals surface area contributed by atoms with Crippen molar-refractivity contribution >= 4 is 34.0 Å². The van der Waals surface area contributed by atoms with Crippen molar-refractivity contribution in [2.75, 3.05) is 17.7 Å². The van der Waals surface area contributed by atoms with Crippen LogP contribution in [0.3, 0.4) is 0 Å². The van der Waals surface area contributed by atoms with E-state index in [1.807, 2.05) is 12.3 Å². The van der Waals surface area contributed by atoms with Gasteiger partial charge in [0, 0.05) is 19.3 Å². The van der Waals surface area contributed by atoms with E-state index in [9.17, 15) is 9.18 Å². The van der Waals surface area contributed by atoms with Gasteiger partial charge in [-0.2, -0.15) is 0 Å². The van der Waals surface area contributed by atoms with Gasteiger partial charge in [0.25, 0.3) is 5.56 Å². The van der Waals surface area contributed by atoms with Gasteiger partial charge in [0.1, 0.15) is 17.0 Å². The van der Waals surface area contributed by atoms with Gasteiger partial charge in [0.05, 0.1) is 18.5 Å². The highest BCUT2D eigenvalue weighted by Gasteiger charge is 2.23. The molecule has 0 radical (unpaired) electrons. The minimum Gasteiger partial charge on any atom is -0.492 e. The van der Waals surface area contributed by atoms with E-state index in [0.29, 0.717) is 40.0 Å². The number of nitrogens with zero attached hydrogens (tertiary/aromatic N) is 3. The monoisotopic (exact) mass is 420 g/mol. The molecule has 4 aromatic rings. The van der Waals surface area contributed by atoms with E-state index in [1.54, 1.807) is 25.2 Å². The van der Waals surface area contributed by atoms with Crippen LogP contribution in [-0.2, 0) is 7.05 Å². The number of pyridine rings is 2. The summed E-state index contributed by atoms with van der Waals surface area (Å²) >= 11 is 0. The Morgan fingerprint density at radius 3 is 2.71 bits per heavy atom. The van der Waals surface area contributed by atoms with E-state index in [4.69, 9.17) is 4.74 Å². The predicted octanol–water partition coefficient (Wildman–Crippen LogP) is 4.17. The maximum Gasteiger partial charge on any atom is 0.277 e. The van der Waals surface area contributed by atoms with Crippen LogP contribution in [0, 0.1) is 5.82 Å². The second-order valence-electron chi connectivity index (χ2n) is 7.58. The molecule has 9 heteroatoms. The Morgan fingerprint density at radius 2 is 2.00 bits per heavy atom. The number of aromatic nitrogens is 4. The average Bonchev–Trinajstić information content (AvgIpc) is 3.55. The zero-order valence-electron chi connectivity index (χ0n) is 17.1. The van der Waals surface area contributed by atoms with Crippen molar-refractivity contribution in [2.45, 2.75) is 18.8 Å². The van der Waals surface area contributed by atoms with Crippen molar-refractivity contribution in [1.29, 1.82) is 0 Å². The van der Waals surface area contributed by atoms with Crippen molar-refractivity contribution in [3.63, 3.8) is 0 Å². The smallest absolute Gasteiger partial charge is 0.277 e. The molecule has 158 valence electrons. The molecule has 0 bridgehead atoms. The van der Waals surface area contributed by atoms with Gasteiger partial charge in [-0.15, -0.1) is 0 Å². The molecule has 0 unspecified atom stereocenters. The normalized spacial score (nSPS) is 13.4. The molecule has 1 saturated carbocycles. The molecule has 1 fully saturated rings. The van der Waals surface area contributed by atoms with Gasteiger partial charge in [-0.05, 0) is 42.5 Å². The lowest BCUT2D eigenvalue weighted by atomic mass is 10.2. The largest absolute Gasteiger partial charge is 0.492 e. The zero-order valence-corrected chi connectivity index (χ0v) is 17.1. The van der Waals surface area contributed by atoms with Crippen LogP contribution in [0.4, 0.5) is 27.4 Å². The zero-order chi connectivity index (χ0) is 21.5. The van der Waals surface area contributed by atoms with Crippen molar-refractivity contribution < 1.29 is 9.13 Å². The molecule has 3 N–H and O–H groups in total. The van der Waals surface area contributed by atoms with Crippen molar-refractivity contribution in [2.24, 2.45) is 7.05 Å². The third-order valence-electron chi connectivity index (χ3n) is 5.34. The molecule has 1 aliphatic rings. The summed E-state index contributed by atoms with van der Waals surface area (Å²) in [7, 11) is 3.01. The number of aromatic amines is 1. The number of aryl methyl sites for hydroxylation is 1. The van der Waals surface area contributed by atoms with Gasteiger partial charge >= 0.3 is 0 Å². The third kappa shape index (κ3) is 3.58. The predicted molar refractivity (Wildman–Crippen MR) is 117 cm³/mol. The van der Waals surface area contributed by atoms with Crippen molar-refractivity contribution in [1.82, 2.24) is 19.7 Å². The van der Waals surface area contributed by atoms with Crippen LogP contribution in [0.15, 0.2) is 47.4 Å². The molecule has 0 aliphatic heterocycles. The Hall–Kier alpha value is -3.88. The number of halogens is 1. The molecule has 3 heterocycles. The number of hydrogen-bond donors (Lipinski definition) is 3. The first-order valence-electron chi connectivity index (χ1n) is 9.95. The number of rotatable bonds is 6. The van der Waals surface area contributed by atoms with Crippen LogP contribution in [0.1, 0.15) is 24.3 Å². The fourth-order valence-electron chi connectivity index (χ4n) is 3.61. The Morgan fingerprint density at radius 1 is 1.16 bits per heavy atom. The molecular weight excluding hydrogens is 399 g/mol. The van der Waals surface area contributed by atoms with Gasteiger partial charge in [-0.1, -0.05) is 12.1 Å². The van der Waals surface area contributed by atoms with Crippen LogP contribution in [0.25, 0.3) is 11.0 Å². The van der Waals surface area contributed by atoms with Crippen LogP contribution >= 0.6 is 0 Å². The topological polar surface area (TPSA) is 96.9 Å². The quantitative estimate of drug-likeness (QED) is 0.433. The lowest BCUT2D eigenvalue weighted by Crippen LogP contribution is -2.12. The lowest BCUT2D eigenvalue weighted by molar-refractivity contribution is 0.388. The molecule has 0 amide bonds. The van der Waals surface area contributed by atoms with Crippen LogP contribution in [-0.4, -0.2) is 26.9 Å². The average molecular weight is 420 g/mol. The van der Waals surface area contributed by atoms with Crippen molar-refractivity contribution in [3.8, 4) is 5.75 Å². The van der Waals surface area contributed by atoms with E-state index < -0.39 is 5.82 Å². The highest BCUT2D eigenvalue weighted by molar-refractivity contribution is 5.93. The Labute approximate surface area is 177 Å². The standard InChI is InChI=1S/C22H21FN6O2/c1-29-22(30)19-16(25-15-5-3-4-14(23)20(15)31-2)10-18(27-21(19)28-29)26-17-9-8-13(11-24-17)12-6-7-12/h3-5,8-12H,6-7H2,1-2H3,(H3,24,25,26,27,28). The van der Waals surface area contributed by atoms with Crippen LogP contribution in [0.5, 0.6) is 5.75 Å². The van der Waals surface area contributed by atoms with Gasteiger partial charge in [-0.25, -0.2) is 14.4 Å². The second kappa shape index (κ2) is 7.42. The summed E-state index contributed by atoms with van der Waals surface area (Å²) in [6.45, 7) is 0. The molecule has 31 heavy (non-hydrogen) atoms. The molecule has 1 aromatic carbocycles. The maximum atomic E-state index is 14.1. The SMILES string of the molecule is COc1c(F)cccc1Nc1cc(Nc2ccc(C3CC3)cn2)nc2[nH]n(C)c(=O)c12. The van der Waals surface area contributed by atoms with Gasteiger partial charge in [0.2, 0.25) is 0 Å². The fraction of sp³-hybridized carbons (Fsp3) is 0.227. The molecule has 0 spiro atoms. The Balaban J connectivity index is 1.55. The molecule has 8 nitrogen and oxygen atoms in total. The van der Waals surface area contributed by atoms with Crippen LogP contribution in [0.2, 0.25) is 0 Å². The van der Waals surface area contributed by atoms with Gasteiger partial charge in [0.15, 0.2) is 17.2 Å². The first-order chi connectivity index (χ1) is 15.0. The first kappa shape index (κ1) is 19.1. The minimum absolute atomic E-state index is 0.0617. The van der Waals surface area contributed by atoms with E-state index in [-0.39, 0.29) is 11.3 Å². The van der Waals surface area contributed by atoms with Crippen LogP contribution < -0.4 is 20.9 Å². The molecule has 0 atom stereocenters. The summed E-state index contributed by atoms with van der Waals surface area (Å²) in [5, 5.41) is 9.60. The lowest BCUT2D eigenvalue weighted by Gasteiger charge is -2.13. The highest BCUT2D eigenvalue weighted by Crippen LogP contribution is 2.40. The third-order valence-corrected chi connectivity index (χ3v) is 5.34. The van der Waals surface area contributed by atoms with E-state index >= 15 is 0 Å². The molecule has 0 saturated heterocycles. The van der Waals surface area contributed by atoms with Crippen molar-refractivity contribution in [3.05, 3.63) is 64.3 Å². The summed E-state index contributed by atoms with van der Waals surface area (Å²) in [6, 6.07) is 10.2. The number of benzene rings is 1. The summed E-state index contributed by atoms with van der Waals surface area (Å²) in [6.07, 6.45) is 4.30. The molecule has 5 rings (SSSR count). The number of methoxy groups -OCH3 is 1. The number of hydrogen-bond acceptors (Lipinski definition) is 6. The summed E-state index contributed by atoms with van der Waals surface area (Å²) < 4.78 is 20.7. The molecule has 3 aromatic heterocycles. The van der Waals surface area contributed by atoms with E-state index in [0.717, 1.165) is 0 Å². The number of para-hydroxylation sites is 1. The maximum absolute atomic E-state index is 14.1. The number of nitrogens with one attached hydrogen (secondary N) is 3. The van der Waals surface area contributed by atoms with Gasteiger partial charge < -0.3 is 15.4 Å². The molecular formula is C22H21FN6O2.